The topological polar surface area (TPSA) is 69.0 Å². The maximum Gasteiger partial charge on any atom is 0.234 e. The number of ether oxygens (including phenoxy) is 1. The normalized spacial score (nSPS) is 10.7. The second kappa shape index (κ2) is 10.7. The van der Waals surface area contributed by atoms with E-state index in [0.717, 1.165) is 16.8 Å². The zero-order chi connectivity index (χ0) is 22.4. The predicted octanol–water partition coefficient (Wildman–Crippen LogP) is 5.70. The number of benzene rings is 2. The molecule has 1 aromatic heterocycles. The Balaban J connectivity index is 1.63. The molecule has 0 unspecified atom stereocenters. The van der Waals surface area contributed by atoms with Crippen molar-refractivity contribution in [2.45, 2.75) is 32.2 Å². The van der Waals surface area contributed by atoms with Crippen LogP contribution in [0.1, 0.15) is 17.0 Å². The van der Waals surface area contributed by atoms with Crippen molar-refractivity contribution in [1.82, 2.24) is 14.8 Å². The summed E-state index contributed by atoms with van der Waals surface area (Å²) in [6, 6.07) is 10.8. The molecule has 0 radical (unpaired) electrons. The first-order chi connectivity index (χ1) is 14.9. The number of nitrogens with zero attached hydrogens (tertiary/aromatic N) is 3. The third-order valence-electron chi connectivity index (χ3n) is 4.40. The number of carbonyl (C=O) groups excluding carboxylic acids is 1. The van der Waals surface area contributed by atoms with E-state index in [4.69, 9.17) is 27.9 Å². The zero-order valence-electron chi connectivity index (χ0n) is 17.2. The molecule has 9 heteroatoms. The van der Waals surface area contributed by atoms with Gasteiger partial charge in [0, 0.05) is 22.3 Å². The van der Waals surface area contributed by atoms with Crippen LogP contribution in [0.2, 0.25) is 10.0 Å². The molecule has 3 rings (SSSR count). The van der Waals surface area contributed by atoms with Crippen molar-refractivity contribution in [1.29, 1.82) is 0 Å². The number of aromatic nitrogens is 3. The summed E-state index contributed by atoms with van der Waals surface area (Å²) in [5.41, 5.74) is 2.57. The number of rotatable bonds is 9. The molecule has 0 atom stereocenters. The second-order valence-corrected chi connectivity index (χ2v) is 8.58. The maximum atomic E-state index is 12.4. The maximum absolute atomic E-state index is 12.4. The summed E-state index contributed by atoms with van der Waals surface area (Å²) < 4.78 is 7.72. The summed E-state index contributed by atoms with van der Waals surface area (Å²) in [6.45, 7) is 8.34. The van der Waals surface area contributed by atoms with Crippen LogP contribution in [0.5, 0.6) is 5.75 Å². The molecule has 3 aromatic rings. The number of hydrogen-bond donors (Lipinski definition) is 1. The van der Waals surface area contributed by atoms with Gasteiger partial charge in [-0.1, -0.05) is 41.0 Å². The molecule has 162 valence electrons. The van der Waals surface area contributed by atoms with E-state index in [2.05, 4.69) is 22.1 Å². The number of thioether (sulfide) groups is 1. The van der Waals surface area contributed by atoms with E-state index in [0.29, 0.717) is 33.3 Å². The van der Waals surface area contributed by atoms with Crippen LogP contribution in [0, 0.1) is 13.8 Å². The molecule has 0 aliphatic rings. The Morgan fingerprint density at radius 1 is 1.19 bits per heavy atom. The second-order valence-electron chi connectivity index (χ2n) is 6.79. The van der Waals surface area contributed by atoms with Gasteiger partial charge in [0.05, 0.1) is 5.75 Å². The van der Waals surface area contributed by atoms with Crippen LogP contribution in [0.15, 0.2) is 54.2 Å². The molecule has 1 heterocycles. The minimum Gasteiger partial charge on any atom is -0.486 e. The standard InChI is InChI=1S/C22H22Cl2N4O2S/c1-4-9-28-20(12-30-17-6-7-18(24)14(2)11-17)26-27-22(28)31-13-21(29)25-19-8-5-16(23)10-15(19)3/h4-8,10-11H,1,9,12-13H2,2-3H3,(H,25,29). The van der Waals surface area contributed by atoms with Gasteiger partial charge in [-0.2, -0.15) is 0 Å². The van der Waals surface area contributed by atoms with Gasteiger partial charge in [0.25, 0.3) is 0 Å². The Kier molecular flexibility index (Phi) is 8.01. The summed E-state index contributed by atoms with van der Waals surface area (Å²) >= 11 is 13.3. The van der Waals surface area contributed by atoms with E-state index in [-0.39, 0.29) is 18.3 Å². The first-order valence-electron chi connectivity index (χ1n) is 9.48. The molecular weight excluding hydrogens is 455 g/mol. The van der Waals surface area contributed by atoms with Crippen molar-refractivity contribution in [3.63, 3.8) is 0 Å². The Labute approximate surface area is 195 Å². The Morgan fingerprint density at radius 3 is 2.71 bits per heavy atom. The monoisotopic (exact) mass is 476 g/mol. The lowest BCUT2D eigenvalue weighted by atomic mass is 10.2. The SMILES string of the molecule is C=CCn1c(COc2ccc(Cl)c(C)c2)nnc1SCC(=O)Nc1ccc(Cl)cc1C. The molecule has 0 bridgehead atoms. The van der Waals surface area contributed by atoms with Crippen LogP contribution in [0.4, 0.5) is 5.69 Å². The summed E-state index contributed by atoms with van der Waals surface area (Å²) in [6.07, 6.45) is 1.75. The Hall–Kier alpha value is -2.48. The van der Waals surface area contributed by atoms with Crippen LogP contribution in [-0.4, -0.2) is 26.4 Å². The van der Waals surface area contributed by atoms with Gasteiger partial charge in [0.15, 0.2) is 11.0 Å². The lowest BCUT2D eigenvalue weighted by Crippen LogP contribution is -2.15. The summed E-state index contributed by atoms with van der Waals surface area (Å²) in [4.78, 5) is 12.4. The number of allylic oxidation sites excluding steroid dienone is 1. The van der Waals surface area contributed by atoms with E-state index in [1.54, 1.807) is 30.3 Å². The minimum atomic E-state index is -0.141. The molecule has 31 heavy (non-hydrogen) atoms. The third-order valence-corrected chi connectivity index (χ3v) is 6.02. The Bertz CT molecular complexity index is 1100. The smallest absolute Gasteiger partial charge is 0.234 e. The molecule has 0 aliphatic carbocycles. The quantitative estimate of drug-likeness (QED) is 0.316. The number of amides is 1. The van der Waals surface area contributed by atoms with Crippen molar-refractivity contribution >= 4 is 46.6 Å². The summed E-state index contributed by atoms with van der Waals surface area (Å²) in [7, 11) is 0. The average Bonchev–Trinajstić information content (AvgIpc) is 3.11. The molecule has 1 N–H and O–H groups in total. The van der Waals surface area contributed by atoms with Gasteiger partial charge < -0.3 is 10.1 Å². The van der Waals surface area contributed by atoms with Gasteiger partial charge in [-0.05, 0) is 61.4 Å². The summed E-state index contributed by atoms with van der Waals surface area (Å²) in [5.74, 6) is 1.39. The van der Waals surface area contributed by atoms with Crippen molar-refractivity contribution in [2.24, 2.45) is 0 Å². The minimum absolute atomic E-state index is 0.141. The van der Waals surface area contributed by atoms with Crippen molar-refractivity contribution in [3.8, 4) is 5.75 Å². The number of halogens is 2. The van der Waals surface area contributed by atoms with E-state index < -0.39 is 0 Å². The number of nitrogens with one attached hydrogen (secondary N) is 1. The van der Waals surface area contributed by atoms with Crippen LogP contribution < -0.4 is 10.1 Å². The molecule has 2 aromatic carbocycles. The van der Waals surface area contributed by atoms with E-state index in [9.17, 15) is 4.79 Å². The highest BCUT2D eigenvalue weighted by molar-refractivity contribution is 7.99. The Morgan fingerprint density at radius 2 is 2.00 bits per heavy atom. The van der Waals surface area contributed by atoms with Crippen molar-refractivity contribution in [3.05, 3.63) is 76.0 Å². The first kappa shape index (κ1) is 23.2. The van der Waals surface area contributed by atoms with Crippen LogP contribution >= 0.6 is 35.0 Å². The fraction of sp³-hybridized carbons (Fsp3) is 0.227. The number of aryl methyl sites for hydroxylation is 2. The van der Waals surface area contributed by atoms with Gasteiger partial charge in [-0.3, -0.25) is 9.36 Å². The number of carbonyl (C=O) groups is 1. The molecule has 0 spiro atoms. The van der Waals surface area contributed by atoms with Gasteiger partial charge >= 0.3 is 0 Å². The molecule has 0 saturated carbocycles. The largest absolute Gasteiger partial charge is 0.486 e. The molecule has 1 amide bonds. The van der Waals surface area contributed by atoms with Crippen LogP contribution in [0.25, 0.3) is 0 Å². The molecule has 6 nitrogen and oxygen atoms in total. The molecule has 0 saturated heterocycles. The fourth-order valence-electron chi connectivity index (χ4n) is 2.78. The van der Waals surface area contributed by atoms with E-state index in [1.165, 1.54) is 11.8 Å². The molecule has 0 fully saturated rings. The van der Waals surface area contributed by atoms with E-state index in [1.807, 2.05) is 30.5 Å². The van der Waals surface area contributed by atoms with Crippen LogP contribution in [-0.2, 0) is 17.9 Å². The highest BCUT2D eigenvalue weighted by atomic mass is 35.5. The van der Waals surface area contributed by atoms with Gasteiger partial charge in [0.1, 0.15) is 12.4 Å². The van der Waals surface area contributed by atoms with Gasteiger partial charge in [-0.25, -0.2) is 0 Å². The number of hydrogen-bond acceptors (Lipinski definition) is 5. The average molecular weight is 477 g/mol. The highest BCUT2D eigenvalue weighted by Gasteiger charge is 2.15. The van der Waals surface area contributed by atoms with Gasteiger partial charge in [-0.15, -0.1) is 16.8 Å². The predicted molar refractivity (Wildman–Crippen MR) is 126 cm³/mol. The van der Waals surface area contributed by atoms with Crippen LogP contribution in [0.3, 0.4) is 0 Å². The molecular formula is C22H22Cl2N4O2S. The third kappa shape index (κ3) is 6.26. The first-order valence-corrected chi connectivity index (χ1v) is 11.2. The number of anilines is 1. The van der Waals surface area contributed by atoms with E-state index >= 15 is 0 Å². The lowest BCUT2D eigenvalue weighted by molar-refractivity contribution is -0.113. The van der Waals surface area contributed by atoms with Crippen molar-refractivity contribution < 1.29 is 9.53 Å². The lowest BCUT2D eigenvalue weighted by Gasteiger charge is -2.10. The highest BCUT2D eigenvalue weighted by Crippen LogP contribution is 2.24. The van der Waals surface area contributed by atoms with Crippen molar-refractivity contribution in [2.75, 3.05) is 11.1 Å². The summed E-state index contributed by atoms with van der Waals surface area (Å²) in [5, 5.41) is 13.3. The molecule has 0 aliphatic heterocycles. The fourth-order valence-corrected chi connectivity index (χ4v) is 3.89. The zero-order valence-corrected chi connectivity index (χ0v) is 19.5. The van der Waals surface area contributed by atoms with Gasteiger partial charge in [0.2, 0.25) is 5.91 Å².